The minimum absolute atomic E-state index is 0.00390. The number of nitrogens with zero attached hydrogens (tertiary/aromatic N) is 2. The van der Waals surface area contributed by atoms with Crippen LogP contribution in [-0.4, -0.2) is 51.9 Å². The molecule has 4 aromatic rings. The van der Waals surface area contributed by atoms with Crippen LogP contribution in [0.4, 0.5) is 5.69 Å². The number of amides is 2. The SMILES string of the molecule is CNC(=O)[C@@H](Cc1ccccc1)N(Cc1ccc(Cl)cc1Cl)C(=O)CN(c1cc(C)ccc1OC)S(=O)(=O)c1ccccc1. The van der Waals surface area contributed by atoms with Crippen LogP contribution in [0, 0.1) is 6.92 Å². The van der Waals surface area contributed by atoms with Gasteiger partial charge in [-0.1, -0.05) is 83.9 Å². The summed E-state index contributed by atoms with van der Waals surface area (Å²) in [7, 11) is -1.35. The first-order valence-corrected chi connectivity index (χ1v) is 16.0. The molecule has 44 heavy (non-hydrogen) atoms. The standard InChI is InChI=1S/C33H33Cl2N3O5S/c1-23-14-17-31(43-3)29(18-23)38(44(41,42)27-12-8-5-9-13-27)22-32(39)37(21-25-15-16-26(34)20-28(25)35)30(33(40)36-2)19-24-10-6-4-7-11-24/h4-18,20,30H,19,21-22H2,1-3H3,(H,36,40)/t30-/m1/s1. The molecule has 0 unspecified atom stereocenters. The Kier molecular flexibility index (Phi) is 10.9. The van der Waals surface area contributed by atoms with Gasteiger partial charge in [0.05, 0.1) is 17.7 Å². The summed E-state index contributed by atoms with van der Waals surface area (Å²) in [5, 5.41) is 3.38. The highest BCUT2D eigenvalue weighted by molar-refractivity contribution is 7.92. The van der Waals surface area contributed by atoms with Crippen molar-refractivity contribution < 1.29 is 22.7 Å². The number of carbonyl (C=O) groups excluding carboxylic acids is 2. The van der Waals surface area contributed by atoms with Crippen LogP contribution in [-0.2, 0) is 32.6 Å². The number of rotatable bonds is 12. The van der Waals surface area contributed by atoms with Crippen LogP contribution >= 0.6 is 23.2 Å². The van der Waals surface area contributed by atoms with Gasteiger partial charge in [0, 0.05) is 30.1 Å². The van der Waals surface area contributed by atoms with Crippen LogP contribution in [0.5, 0.6) is 5.75 Å². The molecule has 0 spiro atoms. The summed E-state index contributed by atoms with van der Waals surface area (Å²) < 4.78 is 34.9. The van der Waals surface area contributed by atoms with E-state index in [-0.39, 0.29) is 29.3 Å². The molecule has 11 heteroatoms. The average Bonchev–Trinajstić information content (AvgIpc) is 3.02. The Morgan fingerprint density at radius 1 is 0.909 bits per heavy atom. The Hall–Kier alpha value is -4.05. The van der Waals surface area contributed by atoms with E-state index < -0.39 is 34.4 Å². The summed E-state index contributed by atoms with van der Waals surface area (Å²) in [6.45, 7) is 1.11. The maximum Gasteiger partial charge on any atom is 0.264 e. The Morgan fingerprint density at radius 2 is 1.57 bits per heavy atom. The molecule has 4 rings (SSSR count). The van der Waals surface area contributed by atoms with Crippen molar-refractivity contribution in [2.45, 2.75) is 30.8 Å². The number of halogens is 2. The fraction of sp³-hybridized carbons (Fsp3) is 0.212. The van der Waals surface area contributed by atoms with Crippen LogP contribution in [0.25, 0.3) is 0 Å². The highest BCUT2D eigenvalue weighted by atomic mass is 35.5. The van der Waals surface area contributed by atoms with E-state index in [0.29, 0.717) is 15.6 Å². The summed E-state index contributed by atoms with van der Waals surface area (Å²) >= 11 is 12.7. The zero-order valence-corrected chi connectivity index (χ0v) is 26.9. The molecule has 0 aliphatic heterocycles. The van der Waals surface area contributed by atoms with Gasteiger partial charge in [-0.15, -0.1) is 0 Å². The van der Waals surface area contributed by atoms with Gasteiger partial charge in [0.2, 0.25) is 11.8 Å². The second kappa shape index (κ2) is 14.6. The lowest BCUT2D eigenvalue weighted by molar-refractivity contribution is -0.139. The van der Waals surface area contributed by atoms with Crippen LogP contribution in [0.2, 0.25) is 10.0 Å². The van der Waals surface area contributed by atoms with Gasteiger partial charge in [-0.05, 0) is 60.0 Å². The molecule has 1 N–H and O–H groups in total. The number of sulfonamides is 1. The molecule has 0 radical (unpaired) electrons. The highest BCUT2D eigenvalue weighted by Gasteiger charge is 2.35. The number of benzene rings is 4. The fourth-order valence-corrected chi connectivity index (χ4v) is 6.69. The monoisotopic (exact) mass is 653 g/mol. The van der Waals surface area contributed by atoms with Crippen molar-refractivity contribution in [3.63, 3.8) is 0 Å². The number of anilines is 1. The van der Waals surface area contributed by atoms with Gasteiger partial charge in [0.15, 0.2) is 0 Å². The molecule has 1 atom stereocenters. The summed E-state index contributed by atoms with van der Waals surface area (Å²) in [5.74, 6) is -0.774. The molecular formula is C33H33Cl2N3O5S. The third kappa shape index (κ3) is 7.72. The molecule has 8 nitrogen and oxygen atoms in total. The molecule has 0 aliphatic carbocycles. The van der Waals surface area contributed by atoms with Gasteiger partial charge in [-0.25, -0.2) is 8.42 Å². The molecule has 0 aliphatic rings. The molecule has 0 aromatic heterocycles. The van der Waals surface area contributed by atoms with E-state index in [9.17, 15) is 18.0 Å². The summed E-state index contributed by atoms with van der Waals surface area (Å²) in [6, 6.07) is 26.1. The van der Waals surface area contributed by atoms with Crippen LogP contribution in [0.15, 0.2) is 102 Å². The maximum atomic E-state index is 14.5. The number of nitrogens with one attached hydrogen (secondary N) is 1. The van der Waals surface area contributed by atoms with E-state index in [1.807, 2.05) is 37.3 Å². The van der Waals surface area contributed by atoms with Crippen molar-refractivity contribution in [2.75, 3.05) is 25.0 Å². The lowest BCUT2D eigenvalue weighted by Gasteiger charge is -2.34. The number of methoxy groups -OCH3 is 1. The molecule has 2 amide bonds. The number of carbonyl (C=O) groups is 2. The van der Waals surface area contributed by atoms with Gasteiger partial charge >= 0.3 is 0 Å². The number of ether oxygens (including phenoxy) is 1. The van der Waals surface area contributed by atoms with Crippen LogP contribution < -0.4 is 14.4 Å². The zero-order valence-electron chi connectivity index (χ0n) is 24.5. The zero-order chi connectivity index (χ0) is 31.9. The smallest absolute Gasteiger partial charge is 0.264 e. The Labute approximate surface area is 268 Å². The van der Waals surface area contributed by atoms with Gasteiger partial charge in [0.1, 0.15) is 18.3 Å². The first kappa shape index (κ1) is 32.9. The van der Waals surface area contributed by atoms with Crippen molar-refractivity contribution in [3.8, 4) is 5.75 Å². The Morgan fingerprint density at radius 3 is 2.18 bits per heavy atom. The summed E-state index contributed by atoms with van der Waals surface area (Å²) in [5.41, 5.74) is 2.31. The second-order valence-electron chi connectivity index (χ2n) is 10.1. The molecule has 230 valence electrons. The summed E-state index contributed by atoms with van der Waals surface area (Å²) in [4.78, 5) is 29.2. The first-order chi connectivity index (χ1) is 21.0. The first-order valence-electron chi connectivity index (χ1n) is 13.8. The van der Waals surface area contributed by atoms with E-state index in [0.717, 1.165) is 15.4 Å². The van der Waals surface area contributed by atoms with Gasteiger partial charge in [0.25, 0.3) is 10.0 Å². The van der Waals surface area contributed by atoms with Gasteiger partial charge in [-0.3, -0.25) is 13.9 Å². The minimum atomic E-state index is -4.27. The largest absolute Gasteiger partial charge is 0.495 e. The van der Waals surface area contributed by atoms with Crippen molar-refractivity contribution in [1.82, 2.24) is 10.2 Å². The lowest BCUT2D eigenvalue weighted by atomic mass is 10.0. The predicted molar refractivity (Wildman–Crippen MR) is 174 cm³/mol. The van der Waals surface area contributed by atoms with Gasteiger partial charge < -0.3 is 15.0 Å². The molecule has 0 saturated carbocycles. The van der Waals surface area contributed by atoms with E-state index in [2.05, 4.69) is 5.32 Å². The number of hydrogen-bond donors (Lipinski definition) is 1. The molecular weight excluding hydrogens is 621 g/mol. The molecule has 0 saturated heterocycles. The third-order valence-electron chi connectivity index (χ3n) is 7.09. The Balaban J connectivity index is 1.85. The molecule has 4 aromatic carbocycles. The quantitative estimate of drug-likeness (QED) is 0.206. The van der Waals surface area contributed by atoms with E-state index >= 15 is 0 Å². The average molecular weight is 655 g/mol. The van der Waals surface area contributed by atoms with Crippen LogP contribution in [0.3, 0.4) is 0 Å². The molecule has 0 heterocycles. The molecule has 0 bridgehead atoms. The maximum absolute atomic E-state index is 14.5. The van der Waals surface area contributed by atoms with Gasteiger partial charge in [-0.2, -0.15) is 0 Å². The topological polar surface area (TPSA) is 96.0 Å². The number of likely N-dealkylation sites (N-methyl/N-ethyl adjacent to an activating group) is 1. The normalized spacial score (nSPS) is 11.8. The van der Waals surface area contributed by atoms with Crippen molar-refractivity contribution in [2.24, 2.45) is 0 Å². The minimum Gasteiger partial charge on any atom is -0.495 e. The van der Waals surface area contributed by atoms with E-state index in [4.69, 9.17) is 27.9 Å². The van der Waals surface area contributed by atoms with Crippen molar-refractivity contribution in [1.29, 1.82) is 0 Å². The number of hydrogen-bond acceptors (Lipinski definition) is 5. The lowest BCUT2D eigenvalue weighted by Crippen LogP contribution is -2.53. The second-order valence-corrected chi connectivity index (χ2v) is 12.8. The van der Waals surface area contributed by atoms with E-state index in [1.54, 1.807) is 54.6 Å². The third-order valence-corrected chi connectivity index (χ3v) is 9.45. The predicted octanol–water partition coefficient (Wildman–Crippen LogP) is 5.89. The van der Waals surface area contributed by atoms with E-state index in [1.165, 1.54) is 31.2 Å². The highest BCUT2D eigenvalue weighted by Crippen LogP contribution is 2.34. The van der Waals surface area contributed by atoms with Crippen molar-refractivity contribution >= 4 is 50.7 Å². The van der Waals surface area contributed by atoms with Crippen molar-refractivity contribution in [3.05, 3.63) is 124 Å². The molecule has 0 fully saturated rings. The number of aryl methyl sites for hydroxylation is 1. The Bertz CT molecular complexity index is 1720. The van der Waals surface area contributed by atoms with Crippen LogP contribution in [0.1, 0.15) is 16.7 Å². The fourth-order valence-electron chi connectivity index (χ4n) is 4.78. The summed E-state index contributed by atoms with van der Waals surface area (Å²) in [6.07, 6.45) is 0.177.